The van der Waals surface area contributed by atoms with Gasteiger partial charge >= 0.3 is 0 Å². The van der Waals surface area contributed by atoms with Crippen LogP contribution in [0.4, 0.5) is 5.82 Å². The van der Waals surface area contributed by atoms with E-state index in [0.717, 1.165) is 24.1 Å². The number of pyridine rings is 2. The number of fused-ring (bicyclic) bond motifs is 2. The molecule has 5 rings (SSSR count). The molecule has 1 unspecified atom stereocenters. The largest absolute Gasteiger partial charge is 0.405 e. The molecule has 4 aromatic rings. The van der Waals surface area contributed by atoms with Crippen molar-refractivity contribution in [1.82, 2.24) is 24.8 Å². The topological polar surface area (TPSA) is 151 Å². The lowest BCUT2D eigenvalue weighted by Crippen LogP contribution is -2.24. The van der Waals surface area contributed by atoms with E-state index in [1.165, 1.54) is 11.8 Å². The molecule has 0 saturated heterocycles. The summed E-state index contributed by atoms with van der Waals surface area (Å²) in [6, 6.07) is 13.7. The number of nitrogens with one attached hydrogen (secondary N) is 1. The van der Waals surface area contributed by atoms with Crippen LogP contribution in [0, 0.1) is 0 Å². The standard InChI is InChI=1S/C26H26N8O/c1-15(35)31-21-9-6-16-14-17(7-8-18(16)21)34-25(19-4-3-13-30-24(19)29)33-23-11-10-22(32-26(23)34)20(28)5-2-12-27/h2-5,7-8,10-14,21H,6,9,27-28H2,1H3,(H2,29,30)(H,31,35)/b12-2-,20-5-. The van der Waals surface area contributed by atoms with Gasteiger partial charge in [0.1, 0.15) is 11.3 Å². The van der Waals surface area contributed by atoms with E-state index in [9.17, 15) is 4.79 Å². The number of carbonyl (C=O) groups is 1. The number of rotatable bonds is 5. The zero-order valence-electron chi connectivity index (χ0n) is 19.3. The van der Waals surface area contributed by atoms with Crippen LogP contribution >= 0.6 is 0 Å². The number of nitrogen functional groups attached to an aromatic ring is 1. The molecule has 0 saturated carbocycles. The molecule has 1 amide bonds. The number of allylic oxidation sites excluding steroid dienone is 2. The van der Waals surface area contributed by atoms with Crippen molar-refractivity contribution in [1.29, 1.82) is 0 Å². The molecule has 0 spiro atoms. The van der Waals surface area contributed by atoms with Crippen molar-refractivity contribution in [2.24, 2.45) is 11.5 Å². The molecule has 1 aliphatic carbocycles. The van der Waals surface area contributed by atoms with Crippen molar-refractivity contribution in [2.45, 2.75) is 25.8 Å². The zero-order chi connectivity index (χ0) is 24.5. The predicted molar refractivity (Wildman–Crippen MR) is 137 cm³/mol. The highest BCUT2D eigenvalue weighted by molar-refractivity contribution is 5.84. The van der Waals surface area contributed by atoms with Crippen molar-refractivity contribution in [3.05, 3.63) is 83.8 Å². The van der Waals surface area contributed by atoms with Gasteiger partial charge in [0, 0.05) is 18.8 Å². The lowest BCUT2D eigenvalue weighted by molar-refractivity contribution is -0.119. The van der Waals surface area contributed by atoms with Gasteiger partial charge in [0.25, 0.3) is 0 Å². The van der Waals surface area contributed by atoms with Gasteiger partial charge in [-0.2, -0.15) is 0 Å². The van der Waals surface area contributed by atoms with Gasteiger partial charge in [-0.1, -0.05) is 6.07 Å². The third kappa shape index (κ3) is 4.08. The number of aryl methyl sites for hydroxylation is 1. The molecule has 0 fully saturated rings. The third-order valence-corrected chi connectivity index (χ3v) is 6.11. The van der Waals surface area contributed by atoms with Gasteiger partial charge in [-0.25, -0.2) is 15.0 Å². The van der Waals surface area contributed by atoms with E-state index < -0.39 is 0 Å². The minimum atomic E-state index is -0.0336. The molecular weight excluding hydrogens is 440 g/mol. The minimum Gasteiger partial charge on any atom is -0.405 e. The maximum absolute atomic E-state index is 11.6. The van der Waals surface area contributed by atoms with E-state index >= 15 is 0 Å². The Morgan fingerprint density at radius 2 is 2.06 bits per heavy atom. The SMILES string of the molecule is CC(=O)NC1CCc2cc(-n3c(-c4cccnc4N)nc4ccc(/C(N)=C/C=C\N)nc43)ccc21. The lowest BCUT2D eigenvalue weighted by Gasteiger charge is -2.15. The zero-order valence-corrected chi connectivity index (χ0v) is 19.3. The Kier molecular flexibility index (Phi) is 5.66. The van der Waals surface area contributed by atoms with Crippen LogP contribution in [0.1, 0.15) is 36.2 Å². The van der Waals surface area contributed by atoms with Crippen LogP contribution in [0.25, 0.3) is 33.9 Å². The highest BCUT2D eigenvalue weighted by atomic mass is 16.1. The summed E-state index contributed by atoms with van der Waals surface area (Å²) in [5.74, 6) is 0.980. The second kappa shape index (κ2) is 8.94. The van der Waals surface area contributed by atoms with Gasteiger partial charge in [0.2, 0.25) is 5.91 Å². The Bertz CT molecular complexity index is 1500. The second-order valence-corrected chi connectivity index (χ2v) is 8.43. The number of nitrogens with two attached hydrogens (primary N) is 3. The fourth-order valence-electron chi connectivity index (χ4n) is 4.53. The van der Waals surface area contributed by atoms with Crippen molar-refractivity contribution in [3.8, 4) is 17.1 Å². The molecule has 0 bridgehead atoms. The molecule has 0 aliphatic heterocycles. The first-order valence-electron chi connectivity index (χ1n) is 11.3. The van der Waals surface area contributed by atoms with E-state index in [4.69, 9.17) is 27.2 Å². The summed E-state index contributed by atoms with van der Waals surface area (Å²) in [4.78, 5) is 25.6. The molecule has 3 aromatic heterocycles. The van der Waals surface area contributed by atoms with Crippen LogP contribution in [0.2, 0.25) is 0 Å². The highest BCUT2D eigenvalue weighted by Gasteiger charge is 2.25. The monoisotopic (exact) mass is 466 g/mol. The summed E-state index contributed by atoms with van der Waals surface area (Å²) in [5.41, 5.74) is 24.3. The van der Waals surface area contributed by atoms with E-state index in [1.54, 1.807) is 25.3 Å². The van der Waals surface area contributed by atoms with E-state index in [-0.39, 0.29) is 11.9 Å². The number of nitrogens with zero attached hydrogens (tertiary/aromatic N) is 4. The summed E-state index contributed by atoms with van der Waals surface area (Å²) < 4.78 is 1.98. The molecule has 176 valence electrons. The molecule has 7 N–H and O–H groups in total. The molecule has 9 heteroatoms. The number of hydrogen-bond acceptors (Lipinski definition) is 7. The molecule has 1 aliphatic rings. The summed E-state index contributed by atoms with van der Waals surface area (Å²) in [6.07, 6.45) is 8.15. The van der Waals surface area contributed by atoms with Crippen LogP contribution in [-0.2, 0) is 11.2 Å². The number of benzene rings is 1. The van der Waals surface area contributed by atoms with Crippen LogP contribution in [0.5, 0.6) is 0 Å². The molecular formula is C26H26N8O. The normalized spacial score (nSPS) is 15.6. The highest BCUT2D eigenvalue weighted by Crippen LogP contribution is 2.35. The minimum absolute atomic E-state index is 0.0229. The Labute approximate surface area is 202 Å². The Hall–Kier alpha value is -4.66. The number of imidazole rings is 1. The van der Waals surface area contributed by atoms with Gasteiger partial charge in [0.15, 0.2) is 11.5 Å². The maximum Gasteiger partial charge on any atom is 0.217 e. The summed E-state index contributed by atoms with van der Waals surface area (Å²) in [7, 11) is 0. The second-order valence-electron chi connectivity index (χ2n) is 8.43. The smallest absolute Gasteiger partial charge is 0.217 e. The molecule has 0 radical (unpaired) electrons. The number of carbonyl (C=O) groups excluding carboxylic acids is 1. The first-order chi connectivity index (χ1) is 17.0. The molecule has 35 heavy (non-hydrogen) atoms. The average molecular weight is 467 g/mol. The summed E-state index contributed by atoms with van der Waals surface area (Å²) >= 11 is 0. The van der Waals surface area contributed by atoms with Gasteiger partial charge in [-0.05, 0) is 78.7 Å². The summed E-state index contributed by atoms with van der Waals surface area (Å²) in [6.45, 7) is 1.54. The molecule has 3 heterocycles. The van der Waals surface area contributed by atoms with E-state index in [1.807, 2.05) is 34.9 Å². The van der Waals surface area contributed by atoms with Crippen molar-refractivity contribution >= 4 is 28.6 Å². The fraction of sp³-hybridized carbons (Fsp3) is 0.154. The van der Waals surface area contributed by atoms with Crippen molar-refractivity contribution in [2.75, 3.05) is 5.73 Å². The summed E-state index contributed by atoms with van der Waals surface area (Å²) in [5, 5.41) is 3.03. The van der Waals surface area contributed by atoms with Gasteiger partial charge in [-0.3, -0.25) is 9.36 Å². The van der Waals surface area contributed by atoms with E-state index in [2.05, 4.69) is 22.4 Å². The number of aromatic nitrogens is 4. The van der Waals surface area contributed by atoms with Gasteiger partial charge in [-0.15, -0.1) is 0 Å². The Morgan fingerprint density at radius 1 is 1.20 bits per heavy atom. The molecule has 1 atom stereocenters. The molecule has 9 nitrogen and oxygen atoms in total. The van der Waals surface area contributed by atoms with Crippen LogP contribution < -0.4 is 22.5 Å². The third-order valence-electron chi connectivity index (χ3n) is 6.11. The number of amides is 1. The van der Waals surface area contributed by atoms with Crippen molar-refractivity contribution in [3.63, 3.8) is 0 Å². The maximum atomic E-state index is 11.6. The van der Waals surface area contributed by atoms with Crippen LogP contribution in [0.3, 0.4) is 0 Å². The van der Waals surface area contributed by atoms with Gasteiger partial charge in [0.05, 0.1) is 23.0 Å². The average Bonchev–Trinajstić information content (AvgIpc) is 3.42. The Morgan fingerprint density at radius 3 is 2.83 bits per heavy atom. The van der Waals surface area contributed by atoms with Crippen LogP contribution in [-0.4, -0.2) is 25.4 Å². The first kappa shape index (κ1) is 22.1. The predicted octanol–water partition coefficient (Wildman–Crippen LogP) is 2.96. The van der Waals surface area contributed by atoms with Crippen molar-refractivity contribution < 1.29 is 4.79 Å². The Balaban J connectivity index is 1.71. The fourth-order valence-corrected chi connectivity index (χ4v) is 4.53. The van der Waals surface area contributed by atoms with Crippen LogP contribution in [0.15, 0.2) is 67.0 Å². The quantitative estimate of drug-likeness (QED) is 0.330. The molecule has 1 aromatic carbocycles. The number of anilines is 1. The lowest BCUT2D eigenvalue weighted by atomic mass is 10.1. The van der Waals surface area contributed by atoms with Gasteiger partial charge < -0.3 is 22.5 Å². The first-order valence-corrected chi connectivity index (χ1v) is 11.3. The number of hydrogen-bond donors (Lipinski definition) is 4. The van der Waals surface area contributed by atoms with E-state index in [0.29, 0.717) is 39.8 Å².